The van der Waals surface area contributed by atoms with E-state index in [1.165, 1.54) is 0 Å². The highest BCUT2D eigenvalue weighted by molar-refractivity contribution is 7.86. The van der Waals surface area contributed by atoms with Crippen LogP contribution in [0.2, 0.25) is 0 Å². The van der Waals surface area contributed by atoms with Crippen molar-refractivity contribution in [1.29, 1.82) is 0 Å². The second-order valence-electron chi connectivity index (χ2n) is 5.29. The van der Waals surface area contributed by atoms with Gasteiger partial charge < -0.3 is 13.7 Å². The van der Waals surface area contributed by atoms with Crippen molar-refractivity contribution in [3.05, 3.63) is 54.1 Å². The van der Waals surface area contributed by atoms with Gasteiger partial charge in [-0.2, -0.15) is 8.42 Å². The summed E-state index contributed by atoms with van der Waals surface area (Å²) in [6, 6.07) is 14.6. The molecule has 0 fully saturated rings. The Morgan fingerprint density at radius 2 is 1.58 bits per heavy atom. The molecule has 2 aromatic rings. The van der Waals surface area contributed by atoms with Crippen molar-refractivity contribution in [1.82, 2.24) is 0 Å². The zero-order valence-electron chi connectivity index (χ0n) is 13.9. The van der Waals surface area contributed by atoms with Crippen LogP contribution in [0, 0.1) is 0 Å². The minimum absolute atomic E-state index is 0.334. The summed E-state index contributed by atoms with van der Waals surface area (Å²) in [5, 5.41) is 0. The summed E-state index contributed by atoms with van der Waals surface area (Å²) in [5.74, 6) is 1.90. The van der Waals surface area contributed by atoms with Crippen LogP contribution in [0.4, 0.5) is 0 Å². The van der Waals surface area contributed by atoms with Crippen molar-refractivity contribution in [2.45, 2.75) is 19.8 Å². The SMILES string of the molecule is CCOc1cccc(OCCCc2cccc(OS(C)(=O)=O)c2)c1. The third kappa shape index (κ3) is 6.50. The molecule has 0 spiro atoms. The lowest BCUT2D eigenvalue weighted by Crippen LogP contribution is -2.06. The molecule has 0 unspecified atom stereocenters. The summed E-state index contributed by atoms with van der Waals surface area (Å²) in [4.78, 5) is 0. The molecule has 0 aliphatic rings. The van der Waals surface area contributed by atoms with Gasteiger partial charge in [-0.15, -0.1) is 0 Å². The van der Waals surface area contributed by atoms with Crippen molar-refractivity contribution >= 4 is 10.1 Å². The van der Waals surface area contributed by atoms with Crippen molar-refractivity contribution in [2.75, 3.05) is 19.5 Å². The van der Waals surface area contributed by atoms with Gasteiger partial charge in [0, 0.05) is 6.07 Å². The van der Waals surface area contributed by atoms with E-state index in [2.05, 4.69) is 0 Å². The fourth-order valence-electron chi connectivity index (χ4n) is 2.21. The summed E-state index contributed by atoms with van der Waals surface area (Å²) >= 11 is 0. The van der Waals surface area contributed by atoms with E-state index < -0.39 is 10.1 Å². The van der Waals surface area contributed by atoms with Gasteiger partial charge in [0.1, 0.15) is 17.2 Å². The van der Waals surface area contributed by atoms with E-state index >= 15 is 0 Å². The largest absolute Gasteiger partial charge is 0.494 e. The molecule has 0 N–H and O–H groups in total. The van der Waals surface area contributed by atoms with Crippen LogP contribution in [0.1, 0.15) is 18.9 Å². The molecule has 2 rings (SSSR count). The average molecular weight is 350 g/mol. The fraction of sp³-hybridized carbons (Fsp3) is 0.333. The summed E-state index contributed by atoms with van der Waals surface area (Å²) in [5.41, 5.74) is 1.00. The standard InChI is InChI=1S/C18H22O5S/c1-3-21-16-9-5-10-17(14-16)22-12-6-8-15-7-4-11-18(13-15)23-24(2,19)20/h4-5,7,9-11,13-14H,3,6,8,12H2,1-2H3. The lowest BCUT2D eigenvalue weighted by molar-refractivity contribution is 0.304. The maximum absolute atomic E-state index is 11.2. The predicted octanol–water partition coefficient (Wildman–Crippen LogP) is 3.44. The highest BCUT2D eigenvalue weighted by Gasteiger charge is 2.05. The van der Waals surface area contributed by atoms with Crippen LogP contribution in [-0.4, -0.2) is 27.9 Å². The summed E-state index contributed by atoms with van der Waals surface area (Å²) in [6.45, 7) is 3.12. The summed E-state index contributed by atoms with van der Waals surface area (Å²) in [7, 11) is -3.50. The van der Waals surface area contributed by atoms with Crippen LogP contribution in [-0.2, 0) is 16.5 Å². The third-order valence-corrected chi connectivity index (χ3v) is 3.64. The summed E-state index contributed by atoms with van der Waals surface area (Å²) in [6.07, 6.45) is 2.61. The monoisotopic (exact) mass is 350 g/mol. The smallest absolute Gasteiger partial charge is 0.306 e. The molecule has 0 bridgehead atoms. The van der Waals surface area contributed by atoms with Gasteiger partial charge in [0.15, 0.2) is 0 Å². The Bertz CT molecular complexity index is 756. The second-order valence-corrected chi connectivity index (χ2v) is 6.87. The maximum Gasteiger partial charge on any atom is 0.306 e. The number of rotatable bonds is 9. The molecule has 0 atom stereocenters. The number of benzene rings is 2. The van der Waals surface area contributed by atoms with E-state index in [9.17, 15) is 8.42 Å². The van der Waals surface area contributed by atoms with Crippen molar-refractivity contribution < 1.29 is 22.1 Å². The molecule has 0 saturated carbocycles. The quantitative estimate of drug-likeness (QED) is 0.512. The molecule has 130 valence electrons. The molecule has 0 aliphatic carbocycles. The molecule has 0 aromatic heterocycles. The van der Waals surface area contributed by atoms with Crippen LogP contribution in [0.15, 0.2) is 48.5 Å². The molecule has 24 heavy (non-hydrogen) atoms. The normalized spacial score (nSPS) is 11.1. The van der Waals surface area contributed by atoms with Gasteiger partial charge in [0.2, 0.25) is 0 Å². The van der Waals surface area contributed by atoms with Gasteiger partial charge in [0.25, 0.3) is 0 Å². The predicted molar refractivity (Wildman–Crippen MR) is 93.3 cm³/mol. The Morgan fingerprint density at radius 3 is 2.29 bits per heavy atom. The van der Waals surface area contributed by atoms with E-state index in [-0.39, 0.29) is 0 Å². The van der Waals surface area contributed by atoms with Crippen LogP contribution in [0.5, 0.6) is 17.2 Å². The number of hydrogen-bond donors (Lipinski definition) is 0. The molecule has 6 heteroatoms. The number of ether oxygens (including phenoxy) is 2. The lowest BCUT2D eigenvalue weighted by Gasteiger charge is -2.09. The van der Waals surface area contributed by atoms with Crippen LogP contribution < -0.4 is 13.7 Å². The summed E-state index contributed by atoms with van der Waals surface area (Å²) < 4.78 is 38.3. The molecule has 0 aliphatic heterocycles. The zero-order valence-corrected chi connectivity index (χ0v) is 14.7. The van der Waals surface area contributed by atoms with Gasteiger partial charge in [-0.25, -0.2) is 0 Å². The molecule has 0 saturated heterocycles. The second kappa shape index (κ2) is 8.59. The molecular weight excluding hydrogens is 328 g/mol. The number of aryl methyl sites for hydroxylation is 1. The number of hydrogen-bond acceptors (Lipinski definition) is 5. The van der Waals surface area contributed by atoms with Crippen LogP contribution >= 0.6 is 0 Å². The first kappa shape index (κ1) is 18.1. The Balaban J connectivity index is 1.82. The van der Waals surface area contributed by atoms with Crippen molar-refractivity contribution in [2.24, 2.45) is 0 Å². The Labute approximate surface area is 143 Å². The van der Waals surface area contributed by atoms with Gasteiger partial charge in [-0.1, -0.05) is 18.2 Å². The maximum atomic E-state index is 11.2. The molecular formula is C18H22O5S. The first-order valence-corrected chi connectivity index (χ1v) is 9.62. The van der Waals surface area contributed by atoms with Crippen molar-refractivity contribution in [3.63, 3.8) is 0 Å². The van der Waals surface area contributed by atoms with E-state index in [0.29, 0.717) is 19.0 Å². The highest BCUT2D eigenvalue weighted by Crippen LogP contribution is 2.20. The molecule has 2 aromatic carbocycles. The topological polar surface area (TPSA) is 61.8 Å². The van der Waals surface area contributed by atoms with E-state index in [1.54, 1.807) is 18.2 Å². The minimum atomic E-state index is -3.50. The zero-order chi connectivity index (χ0) is 17.4. The van der Waals surface area contributed by atoms with E-state index in [4.69, 9.17) is 13.7 Å². The molecule has 0 heterocycles. The fourth-order valence-corrected chi connectivity index (χ4v) is 2.67. The Hall–Kier alpha value is -2.21. The first-order valence-electron chi connectivity index (χ1n) is 7.80. The third-order valence-electron chi connectivity index (χ3n) is 3.14. The first-order chi connectivity index (χ1) is 11.5. The van der Waals surface area contributed by atoms with Gasteiger partial charge >= 0.3 is 10.1 Å². The van der Waals surface area contributed by atoms with Crippen LogP contribution in [0.25, 0.3) is 0 Å². The molecule has 5 nitrogen and oxygen atoms in total. The van der Waals surface area contributed by atoms with Crippen molar-refractivity contribution in [3.8, 4) is 17.2 Å². The average Bonchev–Trinajstić information content (AvgIpc) is 2.51. The minimum Gasteiger partial charge on any atom is -0.494 e. The molecule has 0 amide bonds. The van der Waals surface area contributed by atoms with Gasteiger partial charge in [0.05, 0.1) is 19.5 Å². The van der Waals surface area contributed by atoms with E-state index in [0.717, 1.165) is 36.2 Å². The van der Waals surface area contributed by atoms with Crippen LogP contribution in [0.3, 0.4) is 0 Å². The van der Waals surface area contributed by atoms with Gasteiger partial charge in [-0.05, 0) is 49.6 Å². The lowest BCUT2D eigenvalue weighted by atomic mass is 10.1. The highest BCUT2D eigenvalue weighted by atomic mass is 32.2. The van der Waals surface area contributed by atoms with E-state index in [1.807, 2.05) is 37.3 Å². The molecule has 0 radical (unpaired) electrons. The Morgan fingerprint density at radius 1 is 0.917 bits per heavy atom. The Kier molecular flexibility index (Phi) is 6.49. The van der Waals surface area contributed by atoms with Gasteiger partial charge in [-0.3, -0.25) is 0 Å².